The molecule has 15 heavy (non-hydrogen) atoms. The molecule has 2 rings (SSSR count). The Kier molecular flexibility index (Phi) is 3.65. The lowest BCUT2D eigenvalue weighted by atomic mass is 9.94. The highest BCUT2D eigenvalue weighted by Crippen LogP contribution is 2.24. The van der Waals surface area contributed by atoms with Crippen LogP contribution in [0.25, 0.3) is 0 Å². The van der Waals surface area contributed by atoms with Gasteiger partial charge in [-0.2, -0.15) is 0 Å². The molecule has 82 valence electrons. The van der Waals surface area contributed by atoms with Crippen molar-refractivity contribution in [2.24, 2.45) is 5.73 Å². The Morgan fingerprint density at radius 3 is 2.60 bits per heavy atom. The zero-order valence-electron chi connectivity index (χ0n) is 8.66. The Balaban J connectivity index is 1.92. The van der Waals surface area contributed by atoms with Gasteiger partial charge in [0.05, 0.1) is 6.10 Å². The summed E-state index contributed by atoms with van der Waals surface area (Å²) < 4.78 is 6.96. The van der Waals surface area contributed by atoms with E-state index in [1.165, 1.54) is 0 Å². The van der Waals surface area contributed by atoms with Crippen molar-refractivity contribution in [1.82, 2.24) is 0 Å². The first-order chi connectivity index (χ1) is 7.24. The fraction of sp³-hybridized carbons (Fsp3) is 0.500. The van der Waals surface area contributed by atoms with Gasteiger partial charge in [-0.25, -0.2) is 0 Å². The van der Waals surface area contributed by atoms with E-state index in [2.05, 4.69) is 15.9 Å². The van der Waals surface area contributed by atoms with E-state index in [1.54, 1.807) is 0 Å². The second-order valence-corrected chi connectivity index (χ2v) is 5.03. The number of halogens is 1. The summed E-state index contributed by atoms with van der Waals surface area (Å²) in [6, 6.07) is 8.39. The molecule has 2 N–H and O–H groups in total. The summed E-state index contributed by atoms with van der Waals surface area (Å²) in [4.78, 5) is 0. The monoisotopic (exact) mass is 269 g/mol. The molecule has 1 aromatic rings. The average Bonchev–Trinajstić information content (AvgIpc) is 2.22. The van der Waals surface area contributed by atoms with Crippen LogP contribution in [0.2, 0.25) is 0 Å². The van der Waals surface area contributed by atoms with Gasteiger partial charge in [-0.3, -0.25) is 0 Å². The molecule has 0 saturated heterocycles. The van der Waals surface area contributed by atoms with Crippen molar-refractivity contribution in [2.75, 3.05) is 0 Å². The third kappa shape index (κ3) is 3.21. The number of hydrogen-bond donors (Lipinski definition) is 1. The first kappa shape index (κ1) is 11.0. The average molecular weight is 270 g/mol. The molecule has 1 aromatic carbocycles. The number of hydrogen-bond acceptors (Lipinski definition) is 2. The highest BCUT2D eigenvalue weighted by atomic mass is 79.9. The molecule has 0 aromatic heterocycles. The van der Waals surface area contributed by atoms with E-state index in [9.17, 15) is 0 Å². The summed E-state index contributed by atoms with van der Waals surface area (Å²) in [5.41, 5.74) is 5.85. The largest absolute Gasteiger partial charge is 0.490 e. The lowest BCUT2D eigenvalue weighted by molar-refractivity contribution is 0.147. The maximum Gasteiger partial charge on any atom is 0.120 e. The third-order valence-electron chi connectivity index (χ3n) is 2.82. The van der Waals surface area contributed by atoms with Crippen LogP contribution in [0.5, 0.6) is 5.75 Å². The van der Waals surface area contributed by atoms with Gasteiger partial charge in [-0.1, -0.05) is 22.0 Å². The SMILES string of the molecule is NC1CCC(Oc2cccc(Br)c2)CC1. The zero-order valence-corrected chi connectivity index (χ0v) is 10.2. The molecule has 3 heteroatoms. The molecule has 0 spiro atoms. The van der Waals surface area contributed by atoms with Crippen LogP contribution in [0, 0.1) is 0 Å². The number of ether oxygens (including phenoxy) is 1. The predicted molar refractivity (Wildman–Crippen MR) is 65.0 cm³/mol. The van der Waals surface area contributed by atoms with Gasteiger partial charge in [0.2, 0.25) is 0 Å². The zero-order chi connectivity index (χ0) is 10.7. The Morgan fingerprint density at radius 2 is 1.93 bits per heavy atom. The van der Waals surface area contributed by atoms with Crippen LogP contribution in [0.4, 0.5) is 0 Å². The van der Waals surface area contributed by atoms with Gasteiger partial charge in [0.15, 0.2) is 0 Å². The quantitative estimate of drug-likeness (QED) is 0.896. The van der Waals surface area contributed by atoms with E-state index in [1.807, 2.05) is 24.3 Å². The van der Waals surface area contributed by atoms with Gasteiger partial charge < -0.3 is 10.5 Å². The summed E-state index contributed by atoms with van der Waals surface area (Å²) in [6.45, 7) is 0. The highest BCUT2D eigenvalue weighted by molar-refractivity contribution is 9.10. The van der Waals surface area contributed by atoms with Crippen molar-refractivity contribution in [2.45, 2.75) is 37.8 Å². The van der Waals surface area contributed by atoms with Crippen molar-refractivity contribution in [3.05, 3.63) is 28.7 Å². The maximum atomic E-state index is 5.90. The second-order valence-electron chi connectivity index (χ2n) is 4.11. The third-order valence-corrected chi connectivity index (χ3v) is 3.31. The Labute approximate surface area is 98.9 Å². The van der Waals surface area contributed by atoms with Gasteiger partial charge in [-0.05, 0) is 43.9 Å². The molecular weight excluding hydrogens is 254 g/mol. The van der Waals surface area contributed by atoms with Crippen molar-refractivity contribution in [3.8, 4) is 5.75 Å². The second kappa shape index (κ2) is 4.99. The predicted octanol–water partition coefficient (Wildman–Crippen LogP) is 3.10. The van der Waals surface area contributed by atoms with E-state index < -0.39 is 0 Å². The van der Waals surface area contributed by atoms with Crippen molar-refractivity contribution in [3.63, 3.8) is 0 Å². The smallest absolute Gasteiger partial charge is 0.120 e. The summed E-state index contributed by atoms with van der Waals surface area (Å²) in [6.07, 6.45) is 4.66. The van der Waals surface area contributed by atoms with E-state index >= 15 is 0 Å². The highest BCUT2D eigenvalue weighted by Gasteiger charge is 2.19. The van der Waals surface area contributed by atoms with Crippen LogP contribution in [-0.4, -0.2) is 12.1 Å². The summed E-state index contributed by atoms with van der Waals surface area (Å²) in [7, 11) is 0. The minimum absolute atomic E-state index is 0.346. The molecule has 0 radical (unpaired) electrons. The molecule has 0 heterocycles. The van der Waals surface area contributed by atoms with Crippen LogP contribution < -0.4 is 10.5 Å². The van der Waals surface area contributed by atoms with Gasteiger partial charge in [0.25, 0.3) is 0 Å². The maximum absolute atomic E-state index is 5.90. The van der Waals surface area contributed by atoms with Crippen LogP contribution in [0.3, 0.4) is 0 Å². The minimum atomic E-state index is 0.346. The van der Waals surface area contributed by atoms with Crippen molar-refractivity contribution < 1.29 is 4.74 Å². The normalized spacial score (nSPS) is 26.3. The fourth-order valence-electron chi connectivity index (χ4n) is 1.94. The summed E-state index contributed by atoms with van der Waals surface area (Å²) in [5.74, 6) is 0.949. The van der Waals surface area contributed by atoms with Crippen LogP contribution >= 0.6 is 15.9 Å². The molecule has 0 unspecified atom stereocenters. The summed E-state index contributed by atoms with van der Waals surface area (Å²) in [5, 5.41) is 0. The van der Waals surface area contributed by atoms with E-state index in [-0.39, 0.29) is 0 Å². The van der Waals surface area contributed by atoms with Gasteiger partial charge >= 0.3 is 0 Å². The molecule has 1 fully saturated rings. The van der Waals surface area contributed by atoms with E-state index in [0.29, 0.717) is 12.1 Å². The van der Waals surface area contributed by atoms with Gasteiger partial charge in [0, 0.05) is 10.5 Å². The molecule has 0 amide bonds. The first-order valence-corrected chi connectivity index (χ1v) is 6.21. The lowest BCUT2D eigenvalue weighted by Gasteiger charge is -2.26. The molecule has 1 aliphatic rings. The van der Waals surface area contributed by atoms with Crippen LogP contribution in [0.1, 0.15) is 25.7 Å². The molecule has 0 aliphatic heterocycles. The number of rotatable bonds is 2. The Bertz CT molecular complexity index is 321. The standard InChI is InChI=1S/C12H16BrNO/c13-9-2-1-3-12(8-9)15-11-6-4-10(14)5-7-11/h1-3,8,10-11H,4-7,14H2. The van der Waals surface area contributed by atoms with Gasteiger partial charge in [-0.15, -0.1) is 0 Å². The van der Waals surface area contributed by atoms with Crippen LogP contribution in [-0.2, 0) is 0 Å². The van der Waals surface area contributed by atoms with Crippen molar-refractivity contribution in [1.29, 1.82) is 0 Å². The molecular formula is C12H16BrNO. The molecule has 0 bridgehead atoms. The van der Waals surface area contributed by atoms with Gasteiger partial charge in [0.1, 0.15) is 5.75 Å². The Morgan fingerprint density at radius 1 is 1.20 bits per heavy atom. The molecule has 1 aliphatic carbocycles. The number of nitrogens with two attached hydrogens (primary N) is 1. The van der Waals surface area contributed by atoms with Crippen LogP contribution in [0.15, 0.2) is 28.7 Å². The topological polar surface area (TPSA) is 35.2 Å². The minimum Gasteiger partial charge on any atom is -0.490 e. The Hall–Kier alpha value is -0.540. The first-order valence-electron chi connectivity index (χ1n) is 5.42. The lowest BCUT2D eigenvalue weighted by Crippen LogP contribution is -2.31. The summed E-state index contributed by atoms with van der Waals surface area (Å²) >= 11 is 3.44. The fourth-order valence-corrected chi connectivity index (χ4v) is 2.32. The molecule has 1 saturated carbocycles. The van der Waals surface area contributed by atoms with Crippen molar-refractivity contribution >= 4 is 15.9 Å². The molecule has 2 nitrogen and oxygen atoms in total. The molecule has 0 atom stereocenters. The van der Waals surface area contributed by atoms with E-state index in [4.69, 9.17) is 10.5 Å². The number of benzene rings is 1. The van der Waals surface area contributed by atoms with E-state index in [0.717, 1.165) is 35.9 Å².